The van der Waals surface area contributed by atoms with E-state index in [0.29, 0.717) is 11.2 Å². The Hall–Kier alpha value is -2.47. The molecule has 0 aliphatic rings. The minimum absolute atomic E-state index is 0.120. The van der Waals surface area contributed by atoms with E-state index in [1.54, 1.807) is 18.3 Å². The fourth-order valence-corrected chi connectivity index (χ4v) is 3.14. The number of hydrogen-bond acceptors (Lipinski definition) is 4. The van der Waals surface area contributed by atoms with Crippen LogP contribution < -0.4 is 4.72 Å². The lowest BCUT2D eigenvalue weighted by atomic mass is 10.1. The van der Waals surface area contributed by atoms with E-state index in [1.807, 2.05) is 25.1 Å². The van der Waals surface area contributed by atoms with Crippen LogP contribution in [0.1, 0.15) is 5.56 Å². The minimum Gasteiger partial charge on any atom is -0.277 e. The van der Waals surface area contributed by atoms with Crippen molar-refractivity contribution in [2.24, 2.45) is 0 Å². The zero-order valence-electron chi connectivity index (χ0n) is 11.3. The normalized spacial score (nSPS) is 11.5. The lowest BCUT2D eigenvalue weighted by Gasteiger charge is -2.11. The van der Waals surface area contributed by atoms with Crippen molar-refractivity contribution in [2.75, 3.05) is 4.72 Å². The SMILES string of the molecule is Cc1ccc(NS(=O)(=O)c2cccnc2)c2ncccc12. The molecule has 0 saturated carbocycles. The Morgan fingerprint density at radius 2 is 1.86 bits per heavy atom. The molecule has 0 amide bonds. The van der Waals surface area contributed by atoms with E-state index in [9.17, 15) is 8.42 Å². The second kappa shape index (κ2) is 5.14. The Balaban J connectivity index is 2.09. The molecule has 106 valence electrons. The first-order valence-electron chi connectivity index (χ1n) is 6.35. The van der Waals surface area contributed by atoms with E-state index < -0.39 is 10.0 Å². The molecular formula is C15H13N3O2S. The Bertz CT molecular complexity index is 893. The van der Waals surface area contributed by atoms with Crippen LogP contribution in [-0.4, -0.2) is 18.4 Å². The van der Waals surface area contributed by atoms with E-state index >= 15 is 0 Å². The first kappa shape index (κ1) is 13.5. The number of hydrogen-bond donors (Lipinski definition) is 1. The summed E-state index contributed by atoms with van der Waals surface area (Å²) in [4.78, 5) is 8.23. The van der Waals surface area contributed by atoms with Gasteiger partial charge in [0.25, 0.3) is 10.0 Å². The molecule has 21 heavy (non-hydrogen) atoms. The number of nitrogens with zero attached hydrogens (tertiary/aromatic N) is 2. The highest BCUT2D eigenvalue weighted by Crippen LogP contribution is 2.26. The highest BCUT2D eigenvalue weighted by molar-refractivity contribution is 7.92. The van der Waals surface area contributed by atoms with Gasteiger partial charge in [0.05, 0.1) is 11.2 Å². The third kappa shape index (κ3) is 2.57. The molecule has 0 unspecified atom stereocenters. The zero-order chi connectivity index (χ0) is 14.9. The third-order valence-corrected chi connectivity index (χ3v) is 4.53. The van der Waals surface area contributed by atoms with Crippen LogP contribution in [0.3, 0.4) is 0 Å². The molecule has 1 aromatic carbocycles. The number of rotatable bonds is 3. The first-order chi connectivity index (χ1) is 10.1. The Kier molecular flexibility index (Phi) is 3.31. The van der Waals surface area contributed by atoms with Gasteiger partial charge in [-0.25, -0.2) is 8.42 Å². The Labute approximate surface area is 122 Å². The van der Waals surface area contributed by atoms with Crippen LogP contribution in [0.25, 0.3) is 10.9 Å². The molecule has 0 radical (unpaired) electrons. The molecule has 2 aromatic heterocycles. The molecule has 0 saturated heterocycles. The summed E-state index contributed by atoms with van der Waals surface area (Å²) in [7, 11) is -3.67. The molecule has 0 bridgehead atoms. The van der Waals surface area contributed by atoms with Gasteiger partial charge in [-0.3, -0.25) is 14.7 Å². The lowest BCUT2D eigenvalue weighted by molar-refractivity contribution is 0.601. The largest absolute Gasteiger partial charge is 0.277 e. The van der Waals surface area contributed by atoms with Crippen molar-refractivity contribution >= 4 is 26.6 Å². The van der Waals surface area contributed by atoms with Gasteiger partial charge < -0.3 is 0 Å². The Morgan fingerprint density at radius 1 is 1.05 bits per heavy atom. The molecule has 2 heterocycles. The van der Waals surface area contributed by atoms with Crippen LogP contribution in [0.15, 0.2) is 59.9 Å². The van der Waals surface area contributed by atoms with Gasteiger partial charge in [-0.2, -0.15) is 0 Å². The second-order valence-electron chi connectivity index (χ2n) is 4.62. The average molecular weight is 299 g/mol. The van der Waals surface area contributed by atoms with Gasteiger partial charge in [0, 0.05) is 24.0 Å². The number of aromatic nitrogens is 2. The van der Waals surface area contributed by atoms with Gasteiger partial charge in [-0.1, -0.05) is 12.1 Å². The molecule has 0 aliphatic heterocycles. The summed E-state index contributed by atoms with van der Waals surface area (Å²) >= 11 is 0. The lowest BCUT2D eigenvalue weighted by Crippen LogP contribution is -2.13. The van der Waals surface area contributed by atoms with Crippen molar-refractivity contribution in [3.8, 4) is 0 Å². The topological polar surface area (TPSA) is 72.0 Å². The molecule has 0 spiro atoms. The van der Waals surface area contributed by atoms with Gasteiger partial charge in [0.15, 0.2) is 0 Å². The van der Waals surface area contributed by atoms with E-state index in [0.717, 1.165) is 10.9 Å². The van der Waals surface area contributed by atoms with Crippen molar-refractivity contribution in [1.29, 1.82) is 0 Å². The third-order valence-electron chi connectivity index (χ3n) is 3.18. The molecule has 0 atom stereocenters. The number of aryl methyl sites for hydroxylation is 1. The first-order valence-corrected chi connectivity index (χ1v) is 7.83. The summed E-state index contributed by atoms with van der Waals surface area (Å²) in [5.74, 6) is 0. The fraction of sp³-hybridized carbons (Fsp3) is 0.0667. The summed E-state index contributed by atoms with van der Waals surface area (Å²) in [6.45, 7) is 1.96. The Morgan fingerprint density at radius 3 is 2.62 bits per heavy atom. The van der Waals surface area contributed by atoms with Crippen LogP contribution in [0.4, 0.5) is 5.69 Å². The molecule has 3 rings (SSSR count). The number of nitrogens with one attached hydrogen (secondary N) is 1. The van der Waals surface area contributed by atoms with Crippen LogP contribution >= 0.6 is 0 Å². The number of benzene rings is 1. The molecular weight excluding hydrogens is 286 g/mol. The summed E-state index contributed by atoms with van der Waals surface area (Å²) in [6.07, 6.45) is 4.48. The van der Waals surface area contributed by atoms with Crippen molar-refractivity contribution in [2.45, 2.75) is 11.8 Å². The second-order valence-corrected chi connectivity index (χ2v) is 6.31. The molecule has 1 N–H and O–H groups in total. The summed E-state index contributed by atoms with van der Waals surface area (Å²) in [6, 6.07) is 10.4. The van der Waals surface area contributed by atoms with E-state index in [2.05, 4.69) is 14.7 Å². The highest BCUT2D eigenvalue weighted by Gasteiger charge is 2.16. The maximum absolute atomic E-state index is 12.4. The van der Waals surface area contributed by atoms with Crippen molar-refractivity contribution in [3.05, 3.63) is 60.6 Å². The van der Waals surface area contributed by atoms with E-state index in [4.69, 9.17) is 0 Å². The van der Waals surface area contributed by atoms with Gasteiger partial charge in [-0.05, 0) is 36.8 Å². The van der Waals surface area contributed by atoms with Crippen molar-refractivity contribution in [1.82, 2.24) is 9.97 Å². The molecule has 3 aromatic rings. The van der Waals surface area contributed by atoms with Crippen molar-refractivity contribution < 1.29 is 8.42 Å². The number of fused-ring (bicyclic) bond motifs is 1. The zero-order valence-corrected chi connectivity index (χ0v) is 12.1. The van der Waals surface area contributed by atoms with Crippen LogP contribution in [-0.2, 0) is 10.0 Å². The molecule has 6 heteroatoms. The number of pyridine rings is 2. The maximum Gasteiger partial charge on any atom is 0.263 e. The molecule has 5 nitrogen and oxygen atoms in total. The van der Waals surface area contributed by atoms with E-state index in [-0.39, 0.29) is 4.90 Å². The monoisotopic (exact) mass is 299 g/mol. The predicted octanol–water partition coefficient (Wildman–Crippen LogP) is 2.74. The summed E-state index contributed by atoms with van der Waals surface area (Å²) in [5.41, 5.74) is 2.13. The van der Waals surface area contributed by atoms with Crippen LogP contribution in [0, 0.1) is 6.92 Å². The summed E-state index contributed by atoms with van der Waals surface area (Å²) in [5, 5.41) is 0.920. The standard InChI is InChI=1S/C15H13N3O2S/c1-11-6-7-14(15-13(11)5-3-9-17-15)18-21(19,20)12-4-2-8-16-10-12/h2-10,18H,1H3. The average Bonchev–Trinajstić information content (AvgIpc) is 2.51. The summed E-state index contributed by atoms with van der Waals surface area (Å²) < 4.78 is 27.3. The number of anilines is 1. The van der Waals surface area contributed by atoms with Gasteiger partial charge in [0.1, 0.15) is 4.90 Å². The molecule has 0 fully saturated rings. The number of sulfonamides is 1. The van der Waals surface area contributed by atoms with Crippen LogP contribution in [0.5, 0.6) is 0 Å². The smallest absolute Gasteiger partial charge is 0.263 e. The van der Waals surface area contributed by atoms with Gasteiger partial charge in [0.2, 0.25) is 0 Å². The van der Waals surface area contributed by atoms with Crippen molar-refractivity contribution in [3.63, 3.8) is 0 Å². The highest BCUT2D eigenvalue weighted by atomic mass is 32.2. The fourth-order valence-electron chi connectivity index (χ4n) is 2.11. The van der Waals surface area contributed by atoms with Gasteiger partial charge >= 0.3 is 0 Å². The van der Waals surface area contributed by atoms with E-state index in [1.165, 1.54) is 18.5 Å². The quantitative estimate of drug-likeness (QED) is 0.807. The predicted molar refractivity (Wildman–Crippen MR) is 81.5 cm³/mol. The molecule has 0 aliphatic carbocycles. The van der Waals surface area contributed by atoms with Crippen LogP contribution in [0.2, 0.25) is 0 Å². The minimum atomic E-state index is -3.67. The van der Waals surface area contributed by atoms with Gasteiger partial charge in [-0.15, -0.1) is 0 Å². The maximum atomic E-state index is 12.4.